The number of piperidine rings is 1. The number of hydrogen-bond acceptors (Lipinski definition) is 5. The second-order valence-corrected chi connectivity index (χ2v) is 5.61. The van der Waals surface area contributed by atoms with Crippen LogP contribution in [0.5, 0.6) is 0 Å². The summed E-state index contributed by atoms with van der Waals surface area (Å²) in [4.78, 5) is 20.5. The summed E-state index contributed by atoms with van der Waals surface area (Å²) in [7, 11) is 4.08. The molecule has 0 bridgehead atoms. The lowest BCUT2D eigenvalue weighted by Gasteiger charge is -2.36. The maximum absolute atomic E-state index is 12.5. The van der Waals surface area contributed by atoms with Crippen LogP contribution in [0, 0.1) is 0 Å². The van der Waals surface area contributed by atoms with Crippen molar-refractivity contribution in [2.45, 2.75) is 18.9 Å². The molecule has 1 fully saturated rings. The zero-order valence-electron chi connectivity index (χ0n) is 11.8. The first-order valence-electron chi connectivity index (χ1n) is 6.61. The topological polar surface area (TPSA) is 74.5 Å². The van der Waals surface area contributed by atoms with Crippen LogP contribution in [0.2, 0.25) is 5.15 Å². The molecule has 0 spiro atoms. The van der Waals surface area contributed by atoms with Crippen LogP contribution >= 0.6 is 11.6 Å². The fourth-order valence-corrected chi connectivity index (χ4v) is 2.65. The van der Waals surface area contributed by atoms with E-state index in [0.717, 1.165) is 25.9 Å². The molecule has 3 N–H and O–H groups in total. The lowest BCUT2D eigenvalue weighted by atomic mass is 10.0. The second kappa shape index (κ2) is 6.39. The number of nitrogens with zero attached hydrogens (tertiary/aromatic N) is 3. The fraction of sp³-hybridized carbons (Fsp3) is 0.538. The molecule has 1 amide bonds. The Morgan fingerprint density at radius 2 is 2.30 bits per heavy atom. The van der Waals surface area contributed by atoms with Gasteiger partial charge in [0.1, 0.15) is 11.0 Å². The first-order valence-corrected chi connectivity index (χ1v) is 6.99. The number of likely N-dealkylation sites (tertiary alicyclic amines) is 1. The van der Waals surface area contributed by atoms with Gasteiger partial charge in [-0.15, -0.1) is 0 Å². The number of rotatable bonds is 3. The van der Waals surface area contributed by atoms with Crippen molar-refractivity contribution in [3.8, 4) is 0 Å². The second-order valence-electron chi connectivity index (χ2n) is 5.22. The van der Waals surface area contributed by atoms with Crippen molar-refractivity contribution in [1.82, 2.24) is 14.8 Å². The maximum atomic E-state index is 12.5. The molecule has 1 unspecified atom stereocenters. The van der Waals surface area contributed by atoms with Crippen LogP contribution in [0.1, 0.15) is 23.2 Å². The van der Waals surface area contributed by atoms with Gasteiger partial charge in [-0.1, -0.05) is 11.6 Å². The molecule has 1 aromatic heterocycles. The first-order chi connectivity index (χ1) is 9.51. The molecule has 110 valence electrons. The third-order valence-electron chi connectivity index (χ3n) is 3.60. The van der Waals surface area contributed by atoms with E-state index < -0.39 is 0 Å². The molecule has 6 nitrogen and oxygen atoms in total. The van der Waals surface area contributed by atoms with Crippen molar-refractivity contribution < 1.29 is 4.79 Å². The van der Waals surface area contributed by atoms with Crippen LogP contribution in [-0.4, -0.2) is 53.9 Å². The number of aromatic nitrogens is 1. The summed E-state index contributed by atoms with van der Waals surface area (Å²) in [6.45, 7) is 1.51. The highest BCUT2D eigenvalue weighted by Gasteiger charge is 2.26. The Hall–Kier alpha value is -1.37. The van der Waals surface area contributed by atoms with Gasteiger partial charge < -0.3 is 15.2 Å². The number of amides is 1. The van der Waals surface area contributed by atoms with Gasteiger partial charge in [0.25, 0.3) is 5.91 Å². The van der Waals surface area contributed by atoms with E-state index in [1.54, 1.807) is 12.1 Å². The molecular formula is C13H20ClN5O. The minimum atomic E-state index is -0.0302. The van der Waals surface area contributed by atoms with Crippen LogP contribution in [0.3, 0.4) is 0 Å². The molecule has 2 rings (SSSR count). The predicted molar refractivity (Wildman–Crippen MR) is 79.7 cm³/mol. The van der Waals surface area contributed by atoms with E-state index in [1.807, 2.05) is 19.0 Å². The van der Waals surface area contributed by atoms with E-state index in [2.05, 4.69) is 15.3 Å². The van der Waals surface area contributed by atoms with Gasteiger partial charge in [-0.3, -0.25) is 4.79 Å². The summed E-state index contributed by atoms with van der Waals surface area (Å²) in [5.41, 5.74) is 2.93. The molecule has 20 heavy (non-hydrogen) atoms. The Labute approximate surface area is 123 Å². The summed E-state index contributed by atoms with van der Waals surface area (Å²) < 4.78 is 0. The van der Waals surface area contributed by atoms with Crippen LogP contribution in [0.25, 0.3) is 0 Å². The molecule has 1 aromatic rings. The zero-order chi connectivity index (χ0) is 14.7. The van der Waals surface area contributed by atoms with Gasteiger partial charge in [-0.25, -0.2) is 10.8 Å². The Morgan fingerprint density at radius 1 is 1.55 bits per heavy atom. The average molecular weight is 298 g/mol. The zero-order valence-corrected chi connectivity index (χ0v) is 12.5. The van der Waals surface area contributed by atoms with Gasteiger partial charge in [0.05, 0.1) is 0 Å². The first kappa shape index (κ1) is 15.0. The number of likely N-dealkylation sites (N-methyl/N-ethyl adjacent to an activating group) is 1. The Morgan fingerprint density at radius 3 is 2.95 bits per heavy atom. The lowest BCUT2D eigenvalue weighted by Crippen LogP contribution is -2.47. The van der Waals surface area contributed by atoms with Crippen molar-refractivity contribution in [3.63, 3.8) is 0 Å². The summed E-state index contributed by atoms with van der Waals surface area (Å²) in [6, 6.07) is 3.59. The number of nitrogen functional groups attached to an aromatic ring is 1. The number of carbonyl (C=O) groups is 1. The largest absolute Gasteiger partial charge is 0.337 e. The maximum Gasteiger partial charge on any atom is 0.254 e. The van der Waals surface area contributed by atoms with Crippen molar-refractivity contribution in [2.24, 2.45) is 5.84 Å². The van der Waals surface area contributed by atoms with Crippen LogP contribution < -0.4 is 11.3 Å². The van der Waals surface area contributed by atoms with E-state index >= 15 is 0 Å². The quantitative estimate of drug-likeness (QED) is 0.498. The van der Waals surface area contributed by atoms with E-state index in [1.165, 1.54) is 0 Å². The number of anilines is 1. The van der Waals surface area contributed by atoms with Crippen LogP contribution in [0.4, 0.5) is 5.82 Å². The molecule has 0 saturated carbocycles. The van der Waals surface area contributed by atoms with Crippen molar-refractivity contribution in [2.75, 3.05) is 32.6 Å². The fourth-order valence-electron chi connectivity index (χ4n) is 2.44. The Balaban J connectivity index is 2.16. The summed E-state index contributed by atoms with van der Waals surface area (Å²) in [5.74, 6) is 5.69. The van der Waals surface area contributed by atoms with Gasteiger partial charge in [0.15, 0.2) is 0 Å². The third kappa shape index (κ3) is 3.39. The molecule has 0 aliphatic carbocycles. The normalized spacial score (nSPS) is 19.2. The van der Waals surface area contributed by atoms with Crippen LogP contribution in [-0.2, 0) is 0 Å². The molecule has 2 heterocycles. The summed E-state index contributed by atoms with van der Waals surface area (Å²) in [6.07, 6.45) is 2.12. The number of carbonyl (C=O) groups excluding carboxylic acids is 1. The third-order valence-corrected chi connectivity index (χ3v) is 3.80. The minimum absolute atomic E-state index is 0.0302. The molecule has 1 atom stereocenters. The molecule has 1 aliphatic rings. The van der Waals surface area contributed by atoms with E-state index in [9.17, 15) is 4.79 Å². The van der Waals surface area contributed by atoms with Gasteiger partial charge in [-0.05, 0) is 39.1 Å². The van der Waals surface area contributed by atoms with E-state index in [0.29, 0.717) is 17.4 Å². The molecule has 7 heteroatoms. The minimum Gasteiger partial charge on any atom is -0.337 e. The van der Waals surface area contributed by atoms with E-state index in [4.69, 9.17) is 17.4 Å². The van der Waals surface area contributed by atoms with Gasteiger partial charge in [0.2, 0.25) is 0 Å². The van der Waals surface area contributed by atoms with Gasteiger partial charge in [-0.2, -0.15) is 0 Å². The molecule has 0 aromatic carbocycles. The Bertz CT molecular complexity index is 494. The lowest BCUT2D eigenvalue weighted by molar-refractivity contribution is 0.0635. The monoisotopic (exact) mass is 297 g/mol. The summed E-state index contributed by atoms with van der Waals surface area (Å²) >= 11 is 5.91. The average Bonchev–Trinajstić information content (AvgIpc) is 2.45. The predicted octanol–water partition coefficient (Wildman–Crippen LogP) is 1.19. The van der Waals surface area contributed by atoms with E-state index in [-0.39, 0.29) is 11.1 Å². The highest BCUT2D eigenvalue weighted by molar-refractivity contribution is 6.29. The van der Waals surface area contributed by atoms with Gasteiger partial charge >= 0.3 is 0 Å². The smallest absolute Gasteiger partial charge is 0.254 e. The SMILES string of the molecule is CN(C)C1CCCN(C(=O)c2cc(Cl)nc(NN)c2)C1. The van der Waals surface area contributed by atoms with Crippen LogP contribution in [0.15, 0.2) is 12.1 Å². The number of pyridine rings is 1. The van der Waals surface area contributed by atoms with Gasteiger partial charge in [0, 0.05) is 24.7 Å². The number of nitrogens with two attached hydrogens (primary N) is 1. The highest BCUT2D eigenvalue weighted by Crippen LogP contribution is 2.19. The standard InChI is InChI=1S/C13H20ClN5O/c1-18(2)10-4-3-5-19(8-10)13(20)9-6-11(14)16-12(7-9)17-15/h6-7,10H,3-5,8,15H2,1-2H3,(H,16,17). The number of hydrogen-bond donors (Lipinski definition) is 2. The molecule has 1 saturated heterocycles. The van der Waals surface area contributed by atoms with Crippen molar-refractivity contribution in [3.05, 3.63) is 22.8 Å². The molecule has 1 aliphatic heterocycles. The number of halogens is 1. The van der Waals surface area contributed by atoms with Crippen molar-refractivity contribution in [1.29, 1.82) is 0 Å². The number of hydrazine groups is 1. The highest BCUT2D eigenvalue weighted by atomic mass is 35.5. The number of nitrogens with one attached hydrogen (secondary N) is 1. The Kier molecular flexibility index (Phi) is 4.80. The summed E-state index contributed by atoms with van der Waals surface area (Å²) in [5, 5.41) is 0.255. The van der Waals surface area contributed by atoms with Crippen molar-refractivity contribution >= 4 is 23.3 Å². The molecular weight excluding hydrogens is 278 g/mol. The molecule has 0 radical (unpaired) electrons.